The van der Waals surface area contributed by atoms with E-state index in [9.17, 15) is 0 Å². The number of benzene rings is 1. The van der Waals surface area contributed by atoms with Gasteiger partial charge in [-0.2, -0.15) is 0 Å². The van der Waals surface area contributed by atoms with Crippen LogP contribution < -0.4 is 4.90 Å². The molecule has 2 saturated carbocycles. The Morgan fingerprint density at radius 2 is 1.76 bits per heavy atom. The zero-order valence-corrected chi connectivity index (χ0v) is 19.9. The first kappa shape index (κ1) is 19.9. The molecule has 1 aliphatic heterocycles. The highest BCUT2D eigenvalue weighted by atomic mass is 16.5. The van der Waals surface area contributed by atoms with E-state index >= 15 is 0 Å². The van der Waals surface area contributed by atoms with Gasteiger partial charge in [0.1, 0.15) is 5.76 Å². The first-order valence-electron chi connectivity index (χ1n) is 13.2. The summed E-state index contributed by atoms with van der Waals surface area (Å²) in [5.41, 5.74) is 7.41. The summed E-state index contributed by atoms with van der Waals surface area (Å²) in [4.78, 5) is 2.59. The van der Waals surface area contributed by atoms with Gasteiger partial charge in [0.25, 0.3) is 0 Å². The molecule has 0 radical (unpaired) electrons. The van der Waals surface area contributed by atoms with Crippen molar-refractivity contribution in [1.29, 1.82) is 0 Å². The van der Waals surface area contributed by atoms with Crippen molar-refractivity contribution >= 4 is 22.2 Å². The van der Waals surface area contributed by atoms with E-state index in [0.717, 1.165) is 13.1 Å². The molecule has 2 aromatic heterocycles. The second-order valence-electron chi connectivity index (χ2n) is 11.3. The Labute approximate surface area is 196 Å². The Morgan fingerprint density at radius 1 is 0.970 bits per heavy atom. The maximum atomic E-state index is 6.02. The molecule has 33 heavy (non-hydrogen) atoms. The highest BCUT2D eigenvalue weighted by Gasteiger charge is 2.44. The zero-order valence-electron chi connectivity index (χ0n) is 19.9. The standard InChI is InChI=1S/C29H35N3O/c1-31-14-11-20-9-10-24(17-25(20)31)32-15-12-29(13-16-32)18-23(19-29)26-27(21-5-3-2-4-6-21)30-33-28(26)22-7-8-22/h9-11,14,17-18,21-22H,2-8,12-13,15-16,19H2,1H3. The molecule has 0 bridgehead atoms. The van der Waals surface area contributed by atoms with Crippen LogP contribution in [0.25, 0.3) is 16.5 Å². The van der Waals surface area contributed by atoms with Gasteiger partial charge >= 0.3 is 0 Å². The van der Waals surface area contributed by atoms with Gasteiger partial charge in [0, 0.05) is 54.9 Å². The summed E-state index contributed by atoms with van der Waals surface area (Å²) in [5, 5.41) is 6.02. The van der Waals surface area contributed by atoms with E-state index in [1.165, 1.54) is 97.8 Å². The second-order valence-corrected chi connectivity index (χ2v) is 11.3. The monoisotopic (exact) mass is 441 g/mol. The van der Waals surface area contributed by atoms with Crippen molar-refractivity contribution in [2.45, 2.75) is 76.0 Å². The molecule has 7 rings (SSSR count). The van der Waals surface area contributed by atoms with Crippen LogP contribution in [-0.4, -0.2) is 22.8 Å². The molecule has 3 aromatic rings. The molecule has 0 atom stereocenters. The number of fused-ring (bicyclic) bond motifs is 1. The predicted octanol–water partition coefficient (Wildman–Crippen LogP) is 7.17. The lowest BCUT2D eigenvalue weighted by molar-refractivity contribution is 0.277. The third kappa shape index (κ3) is 3.36. The summed E-state index contributed by atoms with van der Waals surface area (Å²) in [6.45, 7) is 2.29. The number of nitrogens with zero attached hydrogens (tertiary/aromatic N) is 3. The van der Waals surface area contributed by atoms with Crippen molar-refractivity contribution < 1.29 is 4.52 Å². The molecule has 1 spiro atoms. The smallest absolute Gasteiger partial charge is 0.147 e. The SMILES string of the molecule is Cn1ccc2ccc(N3CCC4(C=C(c5c(C6CCCCC6)noc5C5CC5)C4)CC3)cc21. The second kappa shape index (κ2) is 7.51. The molecule has 4 heteroatoms. The number of rotatable bonds is 4. The van der Waals surface area contributed by atoms with Gasteiger partial charge in [-0.1, -0.05) is 36.6 Å². The van der Waals surface area contributed by atoms with Gasteiger partial charge in [-0.05, 0) is 79.5 Å². The highest BCUT2D eigenvalue weighted by Crippen LogP contribution is 2.55. The van der Waals surface area contributed by atoms with Gasteiger partial charge in [-0.3, -0.25) is 0 Å². The van der Waals surface area contributed by atoms with Crippen LogP contribution in [0, 0.1) is 5.41 Å². The average molecular weight is 442 g/mol. The Morgan fingerprint density at radius 3 is 2.52 bits per heavy atom. The quantitative estimate of drug-likeness (QED) is 0.430. The molecule has 3 fully saturated rings. The summed E-state index contributed by atoms with van der Waals surface area (Å²) < 4.78 is 8.25. The van der Waals surface area contributed by atoms with E-state index in [2.05, 4.69) is 53.1 Å². The van der Waals surface area contributed by atoms with Crippen LogP contribution in [0.1, 0.15) is 93.1 Å². The predicted molar refractivity (Wildman–Crippen MR) is 134 cm³/mol. The molecule has 3 aliphatic carbocycles. The van der Waals surface area contributed by atoms with Gasteiger partial charge in [0.15, 0.2) is 0 Å². The number of hydrogen-bond donors (Lipinski definition) is 0. The fourth-order valence-electron chi connectivity index (χ4n) is 6.78. The van der Waals surface area contributed by atoms with Gasteiger partial charge in [0.2, 0.25) is 0 Å². The third-order valence-electron chi connectivity index (χ3n) is 9.03. The molecule has 1 saturated heterocycles. The molecule has 4 nitrogen and oxygen atoms in total. The van der Waals surface area contributed by atoms with E-state index in [-0.39, 0.29) is 0 Å². The molecule has 0 amide bonds. The lowest BCUT2D eigenvalue weighted by atomic mass is 9.63. The van der Waals surface area contributed by atoms with Gasteiger partial charge in [-0.15, -0.1) is 0 Å². The van der Waals surface area contributed by atoms with Crippen LogP contribution in [0.4, 0.5) is 5.69 Å². The average Bonchev–Trinajstić information content (AvgIpc) is 3.49. The van der Waals surface area contributed by atoms with Gasteiger partial charge in [0.05, 0.1) is 5.69 Å². The van der Waals surface area contributed by atoms with Crippen LogP contribution >= 0.6 is 0 Å². The minimum absolute atomic E-state index is 0.392. The Balaban J connectivity index is 1.11. The van der Waals surface area contributed by atoms with Gasteiger partial charge < -0.3 is 14.0 Å². The largest absolute Gasteiger partial charge is 0.371 e. The highest BCUT2D eigenvalue weighted by molar-refractivity contribution is 5.84. The van der Waals surface area contributed by atoms with E-state index < -0.39 is 0 Å². The Kier molecular flexibility index (Phi) is 4.54. The number of aryl methyl sites for hydroxylation is 1. The number of hydrogen-bond acceptors (Lipinski definition) is 3. The topological polar surface area (TPSA) is 34.2 Å². The lowest BCUT2D eigenvalue weighted by Crippen LogP contribution is -2.42. The molecular weight excluding hydrogens is 406 g/mol. The fraction of sp³-hybridized carbons (Fsp3) is 0.552. The summed E-state index contributed by atoms with van der Waals surface area (Å²) >= 11 is 0. The Hall–Kier alpha value is -2.49. The summed E-state index contributed by atoms with van der Waals surface area (Å²) in [5.74, 6) is 2.48. The first-order chi connectivity index (χ1) is 16.2. The molecule has 0 unspecified atom stereocenters. The van der Waals surface area contributed by atoms with E-state index in [1.807, 2.05) is 0 Å². The number of aromatic nitrogens is 2. The van der Waals surface area contributed by atoms with Crippen molar-refractivity contribution in [2.75, 3.05) is 18.0 Å². The molecule has 4 aliphatic rings. The molecular formula is C29H35N3O. The van der Waals surface area contributed by atoms with Crippen molar-refractivity contribution in [3.8, 4) is 0 Å². The summed E-state index contributed by atoms with van der Waals surface area (Å²) in [6, 6.07) is 9.14. The van der Waals surface area contributed by atoms with Crippen molar-refractivity contribution in [3.05, 3.63) is 53.6 Å². The van der Waals surface area contributed by atoms with Crippen LogP contribution in [0.2, 0.25) is 0 Å². The maximum absolute atomic E-state index is 6.02. The number of allylic oxidation sites excluding steroid dienone is 2. The molecule has 3 heterocycles. The normalized spacial score (nSPS) is 23.2. The summed E-state index contributed by atoms with van der Waals surface area (Å²) in [7, 11) is 2.14. The van der Waals surface area contributed by atoms with Gasteiger partial charge in [-0.25, -0.2) is 0 Å². The maximum Gasteiger partial charge on any atom is 0.147 e. The third-order valence-corrected chi connectivity index (χ3v) is 9.03. The minimum Gasteiger partial charge on any atom is -0.371 e. The van der Waals surface area contributed by atoms with Crippen molar-refractivity contribution in [2.24, 2.45) is 12.5 Å². The molecule has 1 aromatic carbocycles. The number of piperidine rings is 1. The summed E-state index contributed by atoms with van der Waals surface area (Å²) in [6.07, 6.45) is 17.8. The Bertz CT molecular complexity index is 1210. The zero-order chi connectivity index (χ0) is 22.0. The van der Waals surface area contributed by atoms with Crippen LogP contribution in [-0.2, 0) is 7.05 Å². The van der Waals surface area contributed by atoms with E-state index in [1.54, 1.807) is 5.57 Å². The first-order valence-corrected chi connectivity index (χ1v) is 13.2. The van der Waals surface area contributed by atoms with Crippen LogP contribution in [0.3, 0.4) is 0 Å². The van der Waals surface area contributed by atoms with E-state index in [0.29, 0.717) is 17.3 Å². The van der Waals surface area contributed by atoms with Crippen LogP contribution in [0.15, 0.2) is 41.1 Å². The van der Waals surface area contributed by atoms with E-state index in [4.69, 9.17) is 9.68 Å². The molecule has 0 N–H and O–H groups in total. The minimum atomic E-state index is 0.392. The van der Waals surface area contributed by atoms with Crippen molar-refractivity contribution in [3.63, 3.8) is 0 Å². The van der Waals surface area contributed by atoms with Crippen molar-refractivity contribution in [1.82, 2.24) is 9.72 Å². The number of anilines is 1. The lowest BCUT2D eigenvalue weighted by Gasteiger charge is -2.47. The van der Waals surface area contributed by atoms with Crippen LogP contribution in [0.5, 0.6) is 0 Å². The molecule has 172 valence electrons. The fourth-order valence-corrected chi connectivity index (χ4v) is 6.78.